The zero-order valence-corrected chi connectivity index (χ0v) is 30.8. The Labute approximate surface area is 277 Å². The van der Waals surface area contributed by atoms with Crippen LogP contribution in [0.3, 0.4) is 0 Å². The van der Waals surface area contributed by atoms with Crippen molar-refractivity contribution in [3.63, 3.8) is 0 Å². The zero-order valence-electron chi connectivity index (χ0n) is 25.3. The number of nitrogens with two attached hydrogens (primary N) is 1. The number of thiazole rings is 1. The first-order valence-electron chi connectivity index (χ1n) is 14.7. The summed E-state index contributed by atoms with van der Waals surface area (Å²) in [6, 6.07) is -3.52. The smallest absolute Gasteiger partial charge is 0.107 e. The van der Waals surface area contributed by atoms with Crippen LogP contribution in [0.1, 0.15) is 74.9 Å². The van der Waals surface area contributed by atoms with E-state index in [9.17, 15) is 19.2 Å². The average molecular weight is 827 g/mol. The van der Waals surface area contributed by atoms with Crippen molar-refractivity contribution < 1.29 is 19.2 Å². The summed E-state index contributed by atoms with van der Waals surface area (Å²) in [6.45, 7) is 12.7. The van der Waals surface area contributed by atoms with Crippen molar-refractivity contribution in [2.75, 3.05) is 18.8 Å². The van der Waals surface area contributed by atoms with E-state index in [4.69, 9.17) is 5.73 Å². The molecule has 1 fully saturated rings. The number of nitrogens with zero attached hydrogens (tertiary/aromatic N) is 3. The van der Waals surface area contributed by atoms with E-state index >= 15 is 0 Å². The molecule has 4 unspecified atom stereocenters. The number of fused-ring (bicyclic) bond motifs is 4. The molecule has 3 aliphatic heterocycles. The third kappa shape index (κ3) is 9.47. The van der Waals surface area contributed by atoms with Gasteiger partial charge in [0.1, 0.15) is 0 Å². The molecule has 0 saturated carbocycles. The van der Waals surface area contributed by atoms with E-state index in [1.54, 1.807) is 12.3 Å². The molecule has 0 aromatic carbocycles. The molecule has 15 heteroatoms. The van der Waals surface area contributed by atoms with Gasteiger partial charge in [-0.2, -0.15) is 0 Å². The van der Waals surface area contributed by atoms with Crippen molar-refractivity contribution in [1.82, 2.24) is 31.2 Å². The molecule has 12 nitrogen and oxygen atoms in total. The van der Waals surface area contributed by atoms with Crippen LogP contribution in [0.2, 0.25) is 3.98 Å². The predicted molar refractivity (Wildman–Crippen MR) is 172 cm³/mol. The number of carbonyl (C=O) groups excluding carboxylic acids is 4. The average Bonchev–Trinajstić information content (AvgIpc) is 3.77. The van der Waals surface area contributed by atoms with Crippen LogP contribution in [0.4, 0.5) is 0 Å². The van der Waals surface area contributed by atoms with Gasteiger partial charge in [-0.3, -0.25) is 0 Å². The number of thioether (sulfide) groups is 1. The maximum absolute atomic E-state index is 13.5. The Kier molecular flexibility index (Phi) is 13.9. The number of aliphatic imine (C=N–C) groups is 1. The number of rotatable bonds is 3. The molecule has 6 atom stereocenters. The summed E-state index contributed by atoms with van der Waals surface area (Å²) < 4.78 is 0.483. The first-order chi connectivity index (χ1) is 20.5. The Hall–Kier alpha value is -2.05. The zero-order chi connectivity index (χ0) is 31.7. The van der Waals surface area contributed by atoms with Crippen LogP contribution < -0.4 is 27.0 Å². The summed E-state index contributed by atoms with van der Waals surface area (Å²) in [5.41, 5.74) is 7.03. The SMILES string of the molecule is C=C1N[C@H](C)c2nc(cs2)C(=O)NC([CH2][Pb])C(=O)N2CCCC2C(=O)NC([C@@H](C)N)C(=O)NCC2=NC1CS2.CCCC. The summed E-state index contributed by atoms with van der Waals surface area (Å²) in [7, 11) is 0. The molecule has 3 radical (unpaired) electrons. The molecule has 3 aliphatic rings. The number of hydrogen-bond donors (Lipinski definition) is 5. The number of amides is 4. The van der Waals surface area contributed by atoms with Gasteiger partial charge in [-0.15, -0.1) is 11.8 Å². The second-order valence-electron chi connectivity index (χ2n) is 10.8. The van der Waals surface area contributed by atoms with Crippen molar-refractivity contribution in [1.29, 1.82) is 0 Å². The van der Waals surface area contributed by atoms with E-state index in [1.165, 1.54) is 40.8 Å². The molecule has 6 N–H and O–H groups in total. The van der Waals surface area contributed by atoms with Crippen molar-refractivity contribution in [2.45, 2.75) is 93.6 Å². The minimum absolute atomic E-state index is 0.182. The Morgan fingerprint density at radius 3 is 2.53 bits per heavy atom. The first kappa shape index (κ1) is 35.4. The van der Waals surface area contributed by atoms with Crippen LogP contribution in [-0.2, 0) is 14.4 Å². The molecule has 4 bridgehead atoms. The minimum atomic E-state index is -0.975. The third-order valence-electron chi connectivity index (χ3n) is 7.30. The van der Waals surface area contributed by atoms with Crippen LogP contribution in [0.15, 0.2) is 22.6 Å². The molecule has 4 heterocycles. The van der Waals surface area contributed by atoms with Crippen molar-refractivity contribution in [3.05, 3.63) is 28.4 Å². The Balaban J connectivity index is 0.00000119. The van der Waals surface area contributed by atoms with E-state index in [0.717, 1.165) is 5.04 Å². The van der Waals surface area contributed by atoms with E-state index in [2.05, 4.69) is 51.7 Å². The van der Waals surface area contributed by atoms with E-state index in [1.807, 2.05) is 6.92 Å². The van der Waals surface area contributed by atoms with Gasteiger partial charge >= 0.3 is 241 Å². The standard InChI is InChI=1S/C24H33N8O4S2.C4H10.Pb/c1-11(25)19-22(35)26-8-18-29-15(9-37-18)12(2)27-13(3)23-30-16(10-38-23)20(33)28-14(4)24(36)32-7-5-6-17(32)21(34)31-19;1-3-4-2;/h10-11,13-15,17,19,27H,2,4-9,25H2,1,3H3,(H,26,35)(H,28,33)(H,31,34);3-4H2,1-2H3;/t11-,13-,14?,15?,17?,19?;;/m1../s1. The normalized spacial score (nSPS) is 27.8. The third-order valence-corrected chi connectivity index (χ3v) is 11.0. The van der Waals surface area contributed by atoms with E-state index < -0.39 is 41.9 Å². The van der Waals surface area contributed by atoms with Crippen LogP contribution in [0.5, 0.6) is 0 Å². The molecule has 4 amide bonds. The maximum atomic E-state index is 13.5. The molecule has 1 saturated heterocycles. The fraction of sp³-hybridized carbons (Fsp3) is 0.643. The van der Waals surface area contributed by atoms with Gasteiger partial charge in [-0.1, -0.05) is 26.7 Å². The second-order valence-corrected chi connectivity index (χ2v) is 14.4. The van der Waals surface area contributed by atoms with Crippen molar-refractivity contribution in [2.24, 2.45) is 10.7 Å². The molecule has 0 spiro atoms. The van der Waals surface area contributed by atoms with Crippen LogP contribution in [0, 0.1) is 0 Å². The first-order valence-corrected chi connectivity index (χ1v) is 19.3. The van der Waals surface area contributed by atoms with Crippen molar-refractivity contribution in [3.8, 4) is 0 Å². The molecule has 43 heavy (non-hydrogen) atoms. The number of carbonyl (C=O) groups is 4. The molecule has 235 valence electrons. The van der Waals surface area contributed by atoms with Crippen LogP contribution in [-0.4, -0.2) is 113 Å². The molecule has 1 aromatic rings. The van der Waals surface area contributed by atoms with Gasteiger partial charge < -0.3 is 0 Å². The molecule has 4 rings (SSSR count). The minimum Gasteiger partial charge on any atom is -0.107 e. The van der Waals surface area contributed by atoms with E-state index in [-0.39, 0.29) is 30.2 Å². The van der Waals surface area contributed by atoms with Gasteiger partial charge in [0.05, 0.1) is 0 Å². The fourth-order valence-corrected chi connectivity index (χ4v) is 7.50. The Bertz CT molecular complexity index is 1210. The predicted octanol–water partition coefficient (Wildman–Crippen LogP) is 1.27. The summed E-state index contributed by atoms with van der Waals surface area (Å²) in [5, 5.41) is 14.9. The van der Waals surface area contributed by atoms with Gasteiger partial charge in [0.2, 0.25) is 0 Å². The topological polar surface area (TPSA) is 171 Å². The summed E-state index contributed by atoms with van der Waals surface area (Å²) in [4.78, 5) is 63.5. The van der Waals surface area contributed by atoms with Gasteiger partial charge in [0, 0.05) is 0 Å². The quantitative estimate of drug-likeness (QED) is 0.284. The monoisotopic (exact) mass is 827 g/mol. The Morgan fingerprint density at radius 2 is 1.88 bits per heavy atom. The molecule has 1 aromatic heterocycles. The van der Waals surface area contributed by atoms with Gasteiger partial charge in [0.25, 0.3) is 0 Å². The second kappa shape index (κ2) is 16.9. The van der Waals surface area contributed by atoms with Crippen LogP contribution >= 0.6 is 23.1 Å². The Morgan fingerprint density at radius 1 is 1.16 bits per heavy atom. The number of unbranched alkanes of at least 4 members (excludes halogenated alkanes) is 1. The van der Waals surface area contributed by atoms with Gasteiger partial charge in [-0.25, -0.2) is 0 Å². The van der Waals surface area contributed by atoms with E-state index in [0.29, 0.717) is 65.6 Å². The number of aromatic nitrogens is 1. The molecule has 0 aliphatic carbocycles. The molecular weight excluding hydrogens is 784 g/mol. The number of nitrogens with one attached hydrogen (secondary N) is 4. The number of hydrogen-bond acceptors (Lipinski definition) is 10. The fourth-order valence-electron chi connectivity index (χ4n) is 4.62. The van der Waals surface area contributed by atoms with Crippen LogP contribution in [0.25, 0.3) is 0 Å². The van der Waals surface area contributed by atoms with Crippen molar-refractivity contribution >= 4 is 77.5 Å². The van der Waals surface area contributed by atoms with Gasteiger partial charge in [-0.05, 0) is 0 Å². The summed E-state index contributed by atoms with van der Waals surface area (Å²) in [5.74, 6) is -0.913. The summed E-state index contributed by atoms with van der Waals surface area (Å²) >= 11 is 3.55. The summed E-state index contributed by atoms with van der Waals surface area (Å²) in [6.07, 6.45) is 3.75. The van der Waals surface area contributed by atoms with Gasteiger partial charge in [0.15, 0.2) is 0 Å². The molecular formula is C28H43N8O4PbS2.